The molecule has 0 spiro atoms. The van der Waals surface area contributed by atoms with E-state index in [0.29, 0.717) is 0 Å². The molecule has 0 bridgehead atoms. The highest BCUT2D eigenvalue weighted by atomic mass is 16.3. The van der Waals surface area contributed by atoms with E-state index in [1.54, 1.807) is 0 Å². The minimum atomic E-state index is 0.823. The lowest BCUT2D eigenvalue weighted by Crippen LogP contribution is -2.16. The summed E-state index contributed by atoms with van der Waals surface area (Å²) >= 11 is 0. The Morgan fingerprint density at radius 1 is 1.05 bits per heavy atom. The van der Waals surface area contributed by atoms with Crippen LogP contribution in [-0.2, 0) is 13.0 Å². The van der Waals surface area contributed by atoms with Crippen molar-refractivity contribution in [2.45, 2.75) is 13.0 Å². The Morgan fingerprint density at radius 3 is 2.84 bits per heavy atom. The molecule has 0 amide bonds. The van der Waals surface area contributed by atoms with E-state index in [4.69, 9.17) is 4.42 Å². The van der Waals surface area contributed by atoms with Crippen LogP contribution in [0.15, 0.2) is 59.3 Å². The first-order valence-electron chi connectivity index (χ1n) is 6.49. The Balaban J connectivity index is 1.55. The fraction of sp³-hybridized carbons (Fsp3) is 0.188. The molecule has 1 aromatic carbocycles. The molecule has 0 fully saturated rings. The summed E-state index contributed by atoms with van der Waals surface area (Å²) in [4.78, 5) is 4.30. The predicted molar refractivity (Wildman–Crippen MR) is 75.9 cm³/mol. The summed E-state index contributed by atoms with van der Waals surface area (Å²) in [6, 6.07) is 14.1. The van der Waals surface area contributed by atoms with Crippen LogP contribution in [0.1, 0.15) is 11.3 Å². The standard InChI is InChI=1S/C16H16N2O/c1-2-7-16-15(6-1)13(12-19-16)11-17-10-8-14-5-3-4-9-18-14/h1-7,9,12,17H,8,10-11H2. The summed E-state index contributed by atoms with van der Waals surface area (Å²) in [7, 11) is 0. The van der Waals surface area contributed by atoms with E-state index in [-0.39, 0.29) is 0 Å². The number of benzene rings is 1. The van der Waals surface area contributed by atoms with Gasteiger partial charge in [0.05, 0.1) is 6.26 Å². The average molecular weight is 252 g/mol. The first kappa shape index (κ1) is 11.9. The molecular weight excluding hydrogens is 236 g/mol. The minimum absolute atomic E-state index is 0.823. The van der Waals surface area contributed by atoms with Crippen LogP contribution >= 0.6 is 0 Å². The van der Waals surface area contributed by atoms with Gasteiger partial charge in [0, 0.05) is 42.4 Å². The second kappa shape index (κ2) is 5.67. The highest BCUT2D eigenvalue weighted by Crippen LogP contribution is 2.20. The predicted octanol–water partition coefficient (Wildman–Crippen LogP) is 3.16. The zero-order chi connectivity index (χ0) is 12.9. The molecule has 0 aliphatic heterocycles. The molecule has 0 aliphatic rings. The number of hydrogen-bond donors (Lipinski definition) is 1. The van der Waals surface area contributed by atoms with Crippen LogP contribution < -0.4 is 5.32 Å². The number of fused-ring (bicyclic) bond motifs is 1. The van der Waals surface area contributed by atoms with E-state index >= 15 is 0 Å². The summed E-state index contributed by atoms with van der Waals surface area (Å²) in [6.45, 7) is 1.74. The van der Waals surface area contributed by atoms with Crippen LogP contribution in [0.2, 0.25) is 0 Å². The minimum Gasteiger partial charge on any atom is -0.464 e. The van der Waals surface area contributed by atoms with Gasteiger partial charge in [-0.3, -0.25) is 4.98 Å². The molecule has 3 aromatic rings. The third-order valence-electron chi connectivity index (χ3n) is 3.16. The van der Waals surface area contributed by atoms with Crippen molar-refractivity contribution in [3.8, 4) is 0 Å². The summed E-state index contributed by atoms with van der Waals surface area (Å²) in [5.41, 5.74) is 3.27. The Hall–Kier alpha value is -2.13. The lowest BCUT2D eigenvalue weighted by molar-refractivity contribution is 0.601. The van der Waals surface area contributed by atoms with E-state index in [2.05, 4.69) is 22.4 Å². The number of nitrogens with zero attached hydrogens (tertiary/aromatic N) is 1. The molecule has 0 unspecified atom stereocenters. The van der Waals surface area contributed by atoms with Crippen LogP contribution in [0.4, 0.5) is 0 Å². The SMILES string of the molecule is c1ccc(CCNCc2coc3ccccc23)nc1. The first-order valence-corrected chi connectivity index (χ1v) is 6.49. The van der Waals surface area contributed by atoms with Gasteiger partial charge in [0.1, 0.15) is 5.58 Å². The summed E-state index contributed by atoms with van der Waals surface area (Å²) in [6.07, 6.45) is 4.61. The summed E-state index contributed by atoms with van der Waals surface area (Å²) in [5, 5.41) is 4.62. The topological polar surface area (TPSA) is 38.1 Å². The molecule has 3 rings (SSSR count). The molecule has 1 N–H and O–H groups in total. The molecule has 19 heavy (non-hydrogen) atoms. The van der Waals surface area contributed by atoms with Crippen LogP contribution in [0.5, 0.6) is 0 Å². The molecule has 2 aromatic heterocycles. The third kappa shape index (κ3) is 2.83. The Morgan fingerprint density at radius 2 is 1.95 bits per heavy atom. The first-order chi connectivity index (χ1) is 9.43. The van der Waals surface area contributed by atoms with Crippen molar-refractivity contribution in [2.75, 3.05) is 6.54 Å². The van der Waals surface area contributed by atoms with Crippen molar-refractivity contribution in [3.05, 3.63) is 66.2 Å². The van der Waals surface area contributed by atoms with E-state index in [0.717, 1.165) is 30.8 Å². The molecule has 0 saturated heterocycles. The van der Waals surface area contributed by atoms with Crippen molar-refractivity contribution in [1.82, 2.24) is 10.3 Å². The van der Waals surface area contributed by atoms with Gasteiger partial charge in [-0.05, 0) is 18.2 Å². The number of para-hydroxylation sites is 1. The summed E-state index contributed by atoms with van der Waals surface area (Å²) in [5.74, 6) is 0. The van der Waals surface area contributed by atoms with Gasteiger partial charge < -0.3 is 9.73 Å². The van der Waals surface area contributed by atoms with E-state index in [9.17, 15) is 0 Å². The van der Waals surface area contributed by atoms with Gasteiger partial charge in [0.25, 0.3) is 0 Å². The number of rotatable bonds is 5. The monoisotopic (exact) mass is 252 g/mol. The van der Waals surface area contributed by atoms with Crippen molar-refractivity contribution >= 4 is 11.0 Å². The van der Waals surface area contributed by atoms with Gasteiger partial charge in [-0.15, -0.1) is 0 Å². The van der Waals surface area contributed by atoms with Crippen molar-refractivity contribution in [3.63, 3.8) is 0 Å². The molecule has 3 heteroatoms. The van der Waals surface area contributed by atoms with Gasteiger partial charge in [0.2, 0.25) is 0 Å². The maximum Gasteiger partial charge on any atom is 0.134 e. The number of nitrogens with one attached hydrogen (secondary N) is 1. The lowest BCUT2D eigenvalue weighted by atomic mass is 10.2. The van der Waals surface area contributed by atoms with Crippen LogP contribution in [0.3, 0.4) is 0 Å². The lowest BCUT2D eigenvalue weighted by Gasteiger charge is -2.03. The Bertz CT molecular complexity index is 646. The van der Waals surface area contributed by atoms with E-state index < -0.39 is 0 Å². The molecule has 96 valence electrons. The normalized spacial score (nSPS) is 10.9. The fourth-order valence-corrected chi connectivity index (χ4v) is 2.16. The largest absolute Gasteiger partial charge is 0.464 e. The number of aromatic nitrogens is 1. The van der Waals surface area contributed by atoms with Crippen molar-refractivity contribution < 1.29 is 4.42 Å². The Labute approximate surface area is 112 Å². The average Bonchev–Trinajstić information content (AvgIpc) is 2.88. The third-order valence-corrected chi connectivity index (χ3v) is 3.16. The van der Waals surface area contributed by atoms with Crippen molar-refractivity contribution in [1.29, 1.82) is 0 Å². The van der Waals surface area contributed by atoms with Gasteiger partial charge in [-0.2, -0.15) is 0 Å². The molecule has 0 saturated carbocycles. The number of pyridine rings is 1. The van der Waals surface area contributed by atoms with Crippen LogP contribution in [0.25, 0.3) is 11.0 Å². The molecule has 3 nitrogen and oxygen atoms in total. The molecule has 0 atom stereocenters. The molecular formula is C16H16N2O. The number of furan rings is 1. The zero-order valence-electron chi connectivity index (χ0n) is 10.7. The van der Waals surface area contributed by atoms with Crippen molar-refractivity contribution in [2.24, 2.45) is 0 Å². The zero-order valence-corrected chi connectivity index (χ0v) is 10.7. The molecule has 2 heterocycles. The van der Waals surface area contributed by atoms with Gasteiger partial charge in [-0.1, -0.05) is 24.3 Å². The molecule has 0 radical (unpaired) electrons. The second-order valence-corrected chi connectivity index (χ2v) is 4.50. The smallest absolute Gasteiger partial charge is 0.134 e. The van der Waals surface area contributed by atoms with Gasteiger partial charge in [-0.25, -0.2) is 0 Å². The maximum absolute atomic E-state index is 5.51. The van der Waals surface area contributed by atoms with E-state index in [1.165, 1.54) is 10.9 Å². The number of hydrogen-bond acceptors (Lipinski definition) is 3. The highest BCUT2D eigenvalue weighted by molar-refractivity contribution is 5.80. The van der Waals surface area contributed by atoms with Crippen LogP contribution in [0, 0.1) is 0 Å². The summed E-state index contributed by atoms with van der Waals surface area (Å²) < 4.78 is 5.51. The van der Waals surface area contributed by atoms with E-state index in [1.807, 2.05) is 42.8 Å². The van der Waals surface area contributed by atoms with Gasteiger partial charge >= 0.3 is 0 Å². The quantitative estimate of drug-likeness (QED) is 0.709. The Kier molecular flexibility index (Phi) is 3.56. The van der Waals surface area contributed by atoms with Crippen LogP contribution in [-0.4, -0.2) is 11.5 Å². The molecule has 0 aliphatic carbocycles. The highest BCUT2D eigenvalue weighted by Gasteiger charge is 2.03. The fourth-order valence-electron chi connectivity index (χ4n) is 2.16. The van der Waals surface area contributed by atoms with Gasteiger partial charge in [0.15, 0.2) is 0 Å². The second-order valence-electron chi connectivity index (χ2n) is 4.50. The maximum atomic E-state index is 5.51.